The summed E-state index contributed by atoms with van der Waals surface area (Å²) in [7, 11) is -1.60. The maximum atomic E-state index is 13.3. The number of nitrogens with one attached hydrogen (secondary N) is 1. The molecule has 0 spiro atoms. The summed E-state index contributed by atoms with van der Waals surface area (Å²) in [6, 6.07) is 10.7. The van der Waals surface area contributed by atoms with Gasteiger partial charge in [0.25, 0.3) is 0 Å². The minimum absolute atomic E-state index is 0.0700. The molecule has 5 rings (SSSR count). The smallest absolute Gasteiger partial charge is 0.395 e. The molecule has 1 N–H and O–H groups in total. The van der Waals surface area contributed by atoms with Crippen LogP contribution in [-0.4, -0.2) is 43.3 Å². The first-order valence-electron chi connectivity index (χ1n) is 10.7. The number of nitrogens with zero attached hydrogens (tertiary/aromatic N) is 3. The van der Waals surface area contributed by atoms with E-state index in [0.717, 1.165) is 0 Å². The molecule has 0 saturated carbocycles. The van der Waals surface area contributed by atoms with E-state index in [0.29, 0.717) is 41.2 Å². The molecule has 0 bridgehead atoms. The number of ether oxygens (including phenoxy) is 2. The van der Waals surface area contributed by atoms with Crippen molar-refractivity contribution in [2.45, 2.75) is 36.6 Å². The van der Waals surface area contributed by atoms with Crippen molar-refractivity contribution < 1.29 is 31.6 Å². The van der Waals surface area contributed by atoms with Crippen LogP contribution in [0.15, 0.2) is 59.8 Å². The second kappa shape index (κ2) is 9.27. The lowest BCUT2D eigenvalue weighted by atomic mass is 10.1. The van der Waals surface area contributed by atoms with Gasteiger partial charge in [0.05, 0.1) is 22.8 Å². The fraction of sp³-hybridized carbons (Fsp3) is 0.261. The fourth-order valence-electron chi connectivity index (χ4n) is 3.94. The van der Waals surface area contributed by atoms with Crippen molar-refractivity contribution >= 4 is 16.9 Å². The summed E-state index contributed by atoms with van der Waals surface area (Å²) in [6.07, 6.45) is -1.17. The van der Waals surface area contributed by atoms with Gasteiger partial charge >= 0.3 is 6.29 Å². The maximum absolute atomic E-state index is 13.3. The largest absolute Gasteiger partial charge is 0.586 e. The Bertz CT molecular complexity index is 1290. The van der Waals surface area contributed by atoms with Crippen LogP contribution in [0.4, 0.5) is 13.2 Å². The highest BCUT2D eigenvalue weighted by Crippen LogP contribution is 2.42. The minimum atomic E-state index is -3.71. The third kappa shape index (κ3) is 4.98. The summed E-state index contributed by atoms with van der Waals surface area (Å²) in [6.45, 7) is 0.563. The Labute approximate surface area is 200 Å². The van der Waals surface area contributed by atoms with Gasteiger partial charge in [-0.3, -0.25) is 4.79 Å². The van der Waals surface area contributed by atoms with Gasteiger partial charge in [0.2, 0.25) is 5.91 Å². The summed E-state index contributed by atoms with van der Waals surface area (Å²) in [5.74, 6) is -0.899. The molecule has 12 heteroatoms. The first-order valence-corrected chi connectivity index (χ1v) is 11.8. The molecule has 8 nitrogen and oxygen atoms in total. The third-order valence-corrected chi connectivity index (χ3v) is 7.14. The number of alkyl halides is 2. The third-order valence-electron chi connectivity index (χ3n) is 5.60. The second-order valence-electron chi connectivity index (χ2n) is 7.94. The highest BCUT2D eigenvalue weighted by molar-refractivity contribution is 7.82. The van der Waals surface area contributed by atoms with E-state index in [2.05, 4.69) is 24.8 Å². The van der Waals surface area contributed by atoms with Crippen molar-refractivity contribution in [1.29, 1.82) is 0 Å². The van der Waals surface area contributed by atoms with E-state index >= 15 is 0 Å². The van der Waals surface area contributed by atoms with Crippen LogP contribution in [0.25, 0.3) is 11.3 Å². The molecule has 0 radical (unpaired) electrons. The molecule has 3 aromatic rings. The van der Waals surface area contributed by atoms with Gasteiger partial charge in [-0.2, -0.15) is 0 Å². The van der Waals surface area contributed by atoms with Crippen LogP contribution in [0.5, 0.6) is 11.5 Å². The second-order valence-corrected chi connectivity index (χ2v) is 9.38. The highest BCUT2D eigenvalue weighted by Gasteiger charge is 2.43. The van der Waals surface area contributed by atoms with Gasteiger partial charge in [0.1, 0.15) is 29.2 Å². The minimum Gasteiger partial charge on any atom is -0.395 e. The number of hydrogen-bond donors (Lipinski definition) is 1. The molecule has 1 saturated heterocycles. The molecule has 2 atom stereocenters. The molecule has 1 fully saturated rings. The van der Waals surface area contributed by atoms with E-state index in [1.165, 1.54) is 42.7 Å². The van der Waals surface area contributed by atoms with Crippen molar-refractivity contribution in [1.82, 2.24) is 19.6 Å². The molecule has 2 aromatic carbocycles. The van der Waals surface area contributed by atoms with Crippen molar-refractivity contribution in [2.24, 2.45) is 0 Å². The van der Waals surface area contributed by atoms with Crippen LogP contribution in [0.2, 0.25) is 0 Å². The van der Waals surface area contributed by atoms with Crippen LogP contribution >= 0.6 is 0 Å². The lowest BCUT2D eigenvalue weighted by Gasteiger charge is -2.22. The Morgan fingerprint density at radius 2 is 1.89 bits per heavy atom. The lowest BCUT2D eigenvalue weighted by molar-refractivity contribution is -0.286. The standard InChI is InChI=1S/C23H19F3N4O4S/c24-15-4-6-17(7-5-15)35(32)30-9-1-2-19(30)22(31)27-12-16-11-18(29-13-28-16)14-3-8-20-21(10-14)34-23(25,26)33-20/h3-8,10-11,13,19H,1-2,9,12H2,(H,27,31). The van der Waals surface area contributed by atoms with E-state index < -0.39 is 29.1 Å². The molecule has 1 aromatic heterocycles. The number of amides is 1. The van der Waals surface area contributed by atoms with E-state index in [1.807, 2.05) is 0 Å². The molecule has 1 amide bonds. The number of halogens is 3. The van der Waals surface area contributed by atoms with Gasteiger partial charge in [0, 0.05) is 12.1 Å². The van der Waals surface area contributed by atoms with E-state index in [1.54, 1.807) is 16.4 Å². The van der Waals surface area contributed by atoms with Crippen LogP contribution in [0.1, 0.15) is 18.5 Å². The number of rotatable bonds is 6. The Kier molecular flexibility index (Phi) is 6.15. The Morgan fingerprint density at radius 3 is 2.69 bits per heavy atom. The zero-order valence-corrected chi connectivity index (χ0v) is 18.9. The molecule has 3 heterocycles. The van der Waals surface area contributed by atoms with Crippen LogP contribution in [-0.2, 0) is 22.3 Å². The van der Waals surface area contributed by atoms with Crippen molar-refractivity contribution in [3.05, 3.63) is 66.4 Å². The van der Waals surface area contributed by atoms with Crippen LogP contribution in [0, 0.1) is 5.82 Å². The zero-order chi connectivity index (χ0) is 24.6. The summed E-state index contributed by atoms with van der Waals surface area (Å²) in [4.78, 5) is 21.6. The predicted octanol–water partition coefficient (Wildman–Crippen LogP) is 3.41. The summed E-state index contributed by atoms with van der Waals surface area (Å²) in [5.41, 5.74) is 1.46. The Morgan fingerprint density at radius 1 is 1.11 bits per heavy atom. The molecule has 182 valence electrons. The van der Waals surface area contributed by atoms with Crippen molar-refractivity contribution in [3.8, 4) is 22.8 Å². The molecular weight excluding hydrogens is 485 g/mol. The van der Waals surface area contributed by atoms with Gasteiger partial charge in [0.15, 0.2) is 11.5 Å². The Hall–Kier alpha value is -3.51. The van der Waals surface area contributed by atoms with Crippen LogP contribution < -0.4 is 14.8 Å². The van der Waals surface area contributed by atoms with Crippen LogP contribution in [0.3, 0.4) is 0 Å². The number of fused-ring (bicyclic) bond motifs is 1. The first-order chi connectivity index (χ1) is 16.8. The maximum Gasteiger partial charge on any atom is 0.586 e. The van der Waals surface area contributed by atoms with Gasteiger partial charge in [-0.1, -0.05) is 0 Å². The van der Waals surface area contributed by atoms with E-state index in [9.17, 15) is 22.2 Å². The summed E-state index contributed by atoms with van der Waals surface area (Å²) >= 11 is 0. The number of benzene rings is 2. The molecule has 2 aliphatic rings. The van der Waals surface area contributed by atoms with E-state index in [-0.39, 0.29) is 24.0 Å². The molecule has 2 aliphatic heterocycles. The van der Waals surface area contributed by atoms with Gasteiger partial charge in [-0.25, -0.2) is 22.9 Å². The number of carbonyl (C=O) groups excluding carboxylic acids is 1. The van der Waals surface area contributed by atoms with E-state index in [4.69, 9.17) is 0 Å². The number of aromatic nitrogens is 2. The topological polar surface area (TPSA) is 93.7 Å². The molecule has 0 aliphatic carbocycles. The van der Waals surface area contributed by atoms with Crippen molar-refractivity contribution in [2.75, 3.05) is 6.54 Å². The molecule has 2 unspecified atom stereocenters. The SMILES string of the molecule is O=C(NCc1cc(-c2ccc3c(c2)OC(F)(F)O3)ncn1)C1CCCN1S(=O)c1ccc(F)cc1. The average Bonchev–Trinajstić information content (AvgIpc) is 3.45. The number of hydrogen-bond acceptors (Lipinski definition) is 6. The predicted molar refractivity (Wildman–Crippen MR) is 118 cm³/mol. The molecular formula is C23H19F3N4O4S. The van der Waals surface area contributed by atoms with Gasteiger partial charge < -0.3 is 14.8 Å². The summed E-state index contributed by atoms with van der Waals surface area (Å²) < 4.78 is 63.2. The molecule has 35 heavy (non-hydrogen) atoms. The van der Waals surface area contributed by atoms with Gasteiger partial charge in [-0.05, 0) is 61.4 Å². The number of carbonyl (C=O) groups is 1. The summed E-state index contributed by atoms with van der Waals surface area (Å²) in [5, 5.41) is 2.81. The normalized spacial score (nSPS) is 19.5. The Balaban J connectivity index is 1.25. The fourth-order valence-corrected chi connectivity index (χ4v) is 5.31. The first kappa shape index (κ1) is 23.2. The van der Waals surface area contributed by atoms with Crippen molar-refractivity contribution in [3.63, 3.8) is 0 Å². The quantitative estimate of drug-likeness (QED) is 0.553. The highest BCUT2D eigenvalue weighted by atomic mass is 32.2. The monoisotopic (exact) mass is 504 g/mol. The lowest BCUT2D eigenvalue weighted by Crippen LogP contribution is -2.43. The van der Waals surface area contributed by atoms with Gasteiger partial charge in [-0.15, -0.1) is 8.78 Å². The zero-order valence-electron chi connectivity index (χ0n) is 18.1. The average molecular weight is 504 g/mol.